The Morgan fingerprint density at radius 1 is 1.19 bits per heavy atom. The van der Waals surface area contributed by atoms with Gasteiger partial charge < -0.3 is 10.4 Å². The molecule has 3 rings (SSSR count). The van der Waals surface area contributed by atoms with Crippen molar-refractivity contribution in [1.82, 2.24) is 9.21 Å². The summed E-state index contributed by atoms with van der Waals surface area (Å²) in [5.74, 6) is 0.308. The van der Waals surface area contributed by atoms with E-state index in [0.29, 0.717) is 19.0 Å². The number of phenolic OH excluding ortho intramolecular Hbond substituents is 1. The molecule has 1 amide bonds. The first-order valence-electron chi connectivity index (χ1n) is 9.21. The molecule has 0 bridgehead atoms. The molecule has 1 aromatic carbocycles. The van der Waals surface area contributed by atoms with Crippen molar-refractivity contribution in [2.45, 2.75) is 37.5 Å². The second-order valence-corrected chi connectivity index (χ2v) is 9.23. The highest BCUT2D eigenvalue weighted by Crippen LogP contribution is 2.29. The minimum Gasteiger partial charge on any atom is -0.506 e. The van der Waals surface area contributed by atoms with Gasteiger partial charge in [0.15, 0.2) is 0 Å². The number of rotatable bonds is 5. The Bertz CT molecular complexity index is 752. The minimum atomic E-state index is -3.59. The van der Waals surface area contributed by atoms with Crippen LogP contribution in [0.5, 0.6) is 5.75 Å². The van der Waals surface area contributed by atoms with E-state index >= 15 is 0 Å². The Balaban J connectivity index is 1.68. The first-order valence-corrected chi connectivity index (χ1v) is 10.7. The summed E-state index contributed by atoms with van der Waals surface area (Å²) in [6.07, 6.45) is 3.86. The van der Waals surface area contributed by atoms with E-state index in [0.717, 1.165) is 38.8 Å². The average molecular weight is 381 g/mol. The second-order valence-electron chi connectivity index (χ2n) is 7.30. The number of amides is 1. The molecule has 0 saturated carbocycles. The molecule has 0 aliphatic carbocycles. The Hall–Kier alpha value is -1.64. The Morgan fingerprint density at radius 3 is 2.50 bits per heavy atom. The monoisotopic (exact) mass is 381 g/mol. The Morgan fingerprint density at radius 2 is 1.85 bits per heavy atom. The van der Waals surface area contributed by atoms with Crippen LogP contribution in [0, 0.1) is 5.92 Å². The van der Waals surface area contributed by atoms with Crippen molar-refractivity contribution in [1.29, 1.82) is 0 Å². The lowest BCUT2D eigenvalue weighted by molar-refractivity contribution is -0.117. The summed E-state index contributed by atoms with van der Waals surface area (Å²) in [5, 5.41) is 12.7. The highest BCUT2D eigenvalue weighted by Gasteiger charge is 2.28. The molecule has 8 heteroatoms. The summed E-state index contributed by atoms with van der Waals surface area (Å²) in [5.41, 5.74) is 0.139. The average Bonchev–Trinajstić information content (AvgIpc) is 3.14. The van der Waals surface area contributed by atoms with Crippen LogP contribution in [0.1, 0.15) is 32.6 Å². The third-order valence-electron chi connectivity index (χ3n) is 5.19. The fourth-order valence-corrected chi connectivity index (χ4v) is 5.01. The number of piperidine rings is 1. The molecule has 2 heterocycles. The lowest BCUT2D eigenvalue weighted by Gasteiger charge is -2.29. The Labute approximate surface area is 155 Å². The molecule has 26 heavy (non-hydrogen) atoms. The van der Waals surface area contributed by atoms with Gasteiger partial charge in [-0.1, -0.05) is 6.92 Å². The van der Waals surface area contributed by atoms with Gasteiger partial charge in [-0.3, -0.25) is 9.69 Å². The molecular formula is C18H27N3O4S. The van der Waals surface area contributed by atoms with Crippen LogP contribution >= 0.6 is 0 Å². The fourth-order valence-electron chi connectivity index (χ4n) is 3.47. The molecule has 2 aliphatic rings. The largest absolute Gasteiger partial charge is 0.506 e. The zero-order valence-corrected chi connectivity index (χ0v) is 16.0. The number of aromatic hydroxyl groups is 1. The van der Waals surface area contributed by atoms with E-state index in [2.05, 4.69) is 17.1 Å². The number of nitrogens with one attached hydrogen (secondary N) is 1. The maximum atomic E-state index is 12.7. The molecule has 0 spiro atoms. The van der Waals surface area contributed by atoms with Crippen LogP contribution < -0.4 is 5.32 Å². The van der Waals surface area contributed by atoms with Gasteiger partial charge in [0.1, 0.15) is 5.75 Å². The van der Waals surface area contributed by atoms with Crippen molar-refractivity contribution < 1.29 is 18.3 Å². The number of likely N-dealkylation sites (tertiary alicyclic amines) is 1. The summed E-state index contributed by atoms with van der Waals surface area (Å²) in [6.45, 7) is 5.24. The minimum absolute atomic E-state index is 0.0966. The van der Waals surface area contributed by atoms with E-state index in [1.54, 1.807) is 0 Å². The van der Waals surface area contributed by atoms with Crippen molar-refractivity contribution in [3.05, 3.63) is 18.2 Å². The number of anilines is 1. The van der Waals surface area contributed by atoms with Gasteiger partial charge >= 0.3 is 0 Å². The van der Waals surface area contributed by atoms with E-state index in [1.807, 2.05) is 0 Å². The molecular weight excluding hydrogens is 354 g/mol. The van der Waals surface area contributed by atoms with Gasteiger partial charge in [-0.05, 0) is 62.9 Å². The first-order chi connectivity index (χ1) is 12.4. The number of sulfonamides is 1. The van der Waals surface area contributed by atoms with E-state index in [1.165, 1.54) is 22.5 Å². The van der Waals surface area contributed by atoms with Gasteiger partial charge in [-0.15, -0.1) is 0 Å². The lowest BCUT2D eigenvalue weighted by Crippen LogP contribution is -2.38. The topological polar surface area (TPSA) is 90.0 Å². The lowest BCUT2D eigenvalue weighted by atomic mass is 9.99. The molecule has 0 radical (unpaired) electrons. The highest BCUT2D eigenvalue weighted by molar-refractivity contribution is 7.89. The molecule has 2 aliphatic heterocycles. The zero-order chi connectivity index (χ0) is 18.7. The summed E-state index contributed by atoms with van der Waals surface area (Å²) >= 11 is 0. The van der Waals surface area contributed by atoms with E-state index in [4.69, 9.17) is 0 Å². The summed E-state index contributed by atoms with van der Waals surface area (Å²) in [6, 6.07) is 4.05. The standard InChI is InChI=1S/C18H27N3O4S/c1-14-6-10-20(11-7-14)13-18(23)19-16-12-15(4-5-17(16)22)26(24,25)21-8-2-3-9-21/h4-5,12,14,22H,2-3,6-11,13H2,1H3,(H,19,23). The smallest absolute Gasteiger partial charge is 0.243 e. The van der Waals surface area contributed by atoms with Gasteiger partial charge in [0, 0.05) is 13.1 Å². The summed E-state index contributed by atoms with van der Waals surface area (Å²) in [4.78, 5) is 14.5. The Kier molecular flexibility index (Phi) is 5.84. The van der Waals surface area contributed by atoms with E-state index in [-0.39, 0.29) is 28.8 Å². The van der Waals surface area contributed by atoms with Gasteiger partial charge in [-0.25, -0.2) is 8.42 Å². The number of carbonyl (C=O) groups is 1. The van der Waals surface area contributed by atoms with Crippen LogP contribution in [-0.4, -0.2) is 61.4 Å². The van der Waals surface area contributed by atoms with Crippen LogP contribution in [0.4, 0.5) is 5.69 Å². The predicted octanol–water partition coefficient (Wildman–Crippen LogP) is 1.85. The molecule has 7 nitrogen and oxygen atoms in total. The maximum absolute atomic E-state index is 12.7. The first kappa shape index (κ1) is 19.1. The van der Waals surface area contributed by atoms with Gasteiger partial charge in [-0.2, -0.15) is 4.31 Å². The number of nitrogens with zero attached hydrogens (tertiary/aromatic N) is 2. The maximum Gasteiger partial charge on any atom is 0.243 e. The second kappa shape index (κ2) is 7.94. The number of carbonyl (C=O) groups excluding carboxylic acids is 1. The predicted molar refractivity (Wildman–Crippen MR) is 99.6 cm³/mol. The molecule has 0 atom stereocenters. The summed E-state index contributed by atoms with van der Waals surface area (Å²) in [7, 11) is -3.59. The van der Waals surface area contributed by atoms with Gasteiger partial charge in [0.25, 0.3) is 0 Å². The van der Waals surface area contributed by atoms with Gasteiger partial charge in [0.05, 0.1) is 17.1 Å². The highest BCUT2D eigenvalue weighted by atomic mass is 32.2. The van der Waals surface area contributed by atoms with Gasteiger partial charge in [0.2, 0.25) is 15.9 Å². The zero-order valence-electron chi connectivity index (χ0n) is 15.1. The van der Waals surface area contributed by atoms with Crippen molar-refractivity contribution in [2.75, 3.05) is 38.0 Å². The fraction of sp³-hybridized carbons (Fsp3) is 0.611. The number of benzene rings is 1. The molecule has 2 N–H and O–H groups in total. The van der Waals surface area contributed by atoms with Crippen molar-refractivity contribution in [3.8, 4) is 5.75 Å². The van der Waals surface area contributed by atoms with Crippen LogP contribution in [-0.2, 0) is 14.8 Å². The van der Waals surface area contributed by atoms with Crippen LogP contribution in [0.15, 0.2) is 23.1 Å². The molecule has 2 saturated heterocycles. The van der Waals surface area contributed by atoms with E-state index in [9.17, 15) is 18.3 Å². The number of hydrogen-bond donors (Lipinski definition) is 2. The number of hydrogen-bond acceptors (Lipinski definition) is 5. The van der Waals surface area contributed by atoms with Crippen molar-refractivity contribution in [3.63, 3.8) is 0 Å². The summed E-state index contributed by atoms with van der Waals surface area (Å²) < 4.78 is 26.8. The van der Waals surface area contributed by atoms with Crippen LogP contribution in [0.3, 0.4) is 0 Å². The third kappa shape index (κ3) is 4.36. The van der Waals surface area contributed by atoms with Crippen LogP contribution in [0.2, 0.25) is 0 Å². The third-order valence-corrected chi connectivity index (χ3v) is 7.08. The van der Waals surface area contributed by atoms with Crippen LogP contribution in [0.25, 0.3) is 0 Å². The normalized spacial score (nSPS) is 20.3. The molecule has 1 aromatic rings. The van der Waals surface area contributed by atoms with E-state index < -0.39 is 10.0 Å². The molecule has 2 fully saturated rings. The number of phenols is 1. The van der Waals surface area contributed by atoms with Crippen molar-refractivity contribution in [2.24, 2.45) is 5.92 Å². The molecule has 144 valence electrons. The quantitative estimate of drug-likeness (QED) is 0.760. The SMILES string of the molecule is CC1CCN(CC(=O)Nc2cc(S(=O)(=O)N3CCCC3)ccc2O)CC1. The molecule has 0 unspecified atom stereocenters. The molecule has 0 aromatic heterocycles. The van der Waals surface area contributed by atoms with Crippen molar-refractivity contribution >= 4 is 21.6 Å².